The van der Waals surface area contributed by atoms with E-state index < -0.39 is 0 Å². The lowest BCUT2D eigenvalue weighted by atomic mass is 10.1. The Labute approximate surface area is 105 Å². The summed E-state index contributed by atoms with van der Waals surface area (Å²) in [5, 5.41) is 6.95. The van der Waals surface area contributed by atoms with Gasteiger partial charge in [0.25, 0.3) is 0 Å². The molecule has 0 saturated carbocycles. The molecule has 0 saturated heterocycles. The van der Waals surface area contributed by atoms with E-state index in [9.17, 15) is 4.39 Å². The van der Waals surface area contributed by atoms with Crippen LogP contribution in [0.25, 0.3) is 0 Å². The summed E-state index contributed by atoms with van der Waals surface area (Å²) >= 11 is 0. The van der Waals surface area contributed by atoms with E-state index in [0.717, 1.165) is 17.7 Å². The fourth-order valence-electron chi connectivity index (χ4n) is 1.69. The van der Waals surface area contributed by atoms with Crippen molar-refractivity contribution in [1.82, 2.24) is 15.5 Å². The predicted molar refractivity (Wildman–Crippen MR) is 65.6 cm³/mol. The van der Waals surface area contributed by atoms with Gasteiger partial charge in [-0.2, -0.15) is 4.98 Å². The van der Waals surface area contributed by atoms with Crippen LogP contribution in [0.5, 0.6) is 0 Å². The Morgan fingerprint density at radius 1 is 1.33 bits per heavy atom. The number of aryl methyl sites for hydroxylation is 2. The van der Waals surface area contributed by atoms with Crippen LogP contribution < -0.4 is 5.32 Å². The average Bonchev–Trinajstić information content (AvgIpc) is 2.75. The summed E-state index contributed by atoms with van der Waals surface area (Å²) < 4.78 is 18.1. The van der Waals surface area contributed by atoms with Crippen molar-refractivity contribution in [3.05, 3.63) is 46.9 Å². The van der Waals surface area contributed by atoms with Gasteiger partial charge in [-0.3, -0.25) is 0 Å². The molecule has 2 aromatic rings. The standard InChI is InChI=1S/C13H16FN3O/c1-9-3-4-12(14)7-11(9)8-15-6-5-13-16-10(2)17-18-13/h3-4,7,15H,5-6,8H2,1-2H3. The van der Waals surface area contributed by atoms with Gasteiger partial charge in [0.15, 0.2) is 5.82 Å². The Balaban J connectivity index is 1.80. The van der Waals surface area contributed by atoms with Crippen LogP contribution in [0.2, 0.25) is 0 Å². The summed E-state index contributed by atoms with van der Waals surface area (Å²) in [6.07, 6.45) is 0.676. The highest BCUT2D eigenvalue weighted by Gasteiger charge is 2.03. The summed E-state index contributed by atoms with van der Waals surface area (Å²) in [4.78, 5) is 4.11. The van der Waals surface area contributed by atoms with Crippen molar-refractivity contribution in [3.63, 3.8) is 0 Å². The Morgan fingerprint density at radius 3 is 2.89 bits per heavy atom. The molecular formula is C13H16FN3O. The second kappa shape index (κ2) is 5.73. The molecule has 0 aliphatic carbocycles. The van der Waals surface area contributed by atoms with Gasteiger partial charge in [-0.15, -0.1) is 0 Å². The fraction of sp³-hybridized carbons (Fsp3) is 0.385. The molecule has 4 nitrogen and oxygen atoms in total. The summed E-state index contributed by atoms with van der Waals surface area (Å²) in [6.45, 7) is 5.11. The summed E-state index contributed by atoms with van der Waals surface area (Å²) in [5.74, 6) is 1.06. The van der Waals surface area contributed by atoms with Gasteiger partial charge in [-0.1, -0.05) is 11.2 Å². The van der Waals surface area contributed by atoms with Crippen molar-refractivity contribution in [1.29, 1.82) is 0 Å². The first kappa shape index (κ1) is 12.7. The number of halogens is 1. The van der Waals surface area contributed by atoms with Crippen LogP contribution in [0, 0.1) is 19.7 Å². The summed E-state index contributed by atoms with van der Waals surface area (Å²) in [7, 11) is 0. The van der Waals surface area contributed by atoms with Crippen LogP contribution in [0.15, 0.2) is 22.7 Å². The van der Waals surface area contributed by atoms with Crippen LogP contribution in [-0.2, 0) is 13.0 Å². The maximum Gasteiger partial charge on any atom is 0.227 e. The van der Waals surface area contributed by atoms with Crippen molar-refractivity contribution >= 4 is 0 Å². The van der Waals surface area contributed by atoms with Gasteiger partial charge in [0.05, 0.1) is 0 Å². The van der Waals surface area contributed by atoms with E-state index in [4.69, 9.17) is 4.52 Å². The molecule has 0 bridgehead atoms. The Kier molecular flexibility index (Phi) is 4.04. The van der Waals surface area contributed by atoms with Crippen molar-refractivity contribution in [2.24, 2.45) is 0 Å². The van der Waals surface area contributed by atoms with Crippen molar-refractivity contribution < 1.29 is 8.91 Å². The van der Waals surface area contributed by atoms with E-state index in [2.05, 4.69) is 15.5 Å². The quantitative estimate of drug-likeness (QED) is 0.825. The maximum atomic E-state index is 13.1. The van der Waals surface area contributed by atoms with E-state index in [1.807, 2.05) is 6.92 Å². The van der Waals surface area contributed by atoms with E-state index in [1.54, 1.807) is 19.1 Å². The van der Waals surface area contributed by atoms with Crippen LogP contribution in [0.4, 0.5) is 4.39 Å². The first-order valence-electron chi connectivity index (χ1n) is 5.90. The smallest absolute Gasteiger partial charge is 0.227 e. The van der Waals surface area contributed by atoms with E-state index in [-0.39, 0.29) is 5.82 Å². The summed E-state index contributed by atoms with van der Waals surface area (Å²) in [6, 6.07) is 4.81. The Hall–Kier alpha value is -1.75. The van der Waals surface area contributed by atoms with Crippen LogP contribution in [-0.4, -0.2) is 16.7 Å². The third kappa shape index (κ3) is 3.37. The lowest BCUT2D eigenvalue weighted by molar-refractivity contribution is 0.372. The molecular weight excluding hydrogens is 233 g/mol. The van der Waals surface area contributed by atoms with E-state index in [0.29, 0.717) is 24.7 Å². The molecule has 2 rings (SSSR count). The number of aromatic nitrogens is 2. The highest BCUT2D eigenvalue weighted by molar-refractivity contribution is 5.26. The van der Waals surface area contributed by atoms with Gasteiger partial charge in [0.2, 0.25) is 5.89 Å². The SMILES string of the molecule is Cc1noc(CCNCc2cc(F)ccc2C)n1. The van der Waals surface area contributed by atoms with Gasteiger partial charge in [0.1, 0.15) is 5.82 Å². The highest BCUT2D eigenvalue weighted by atomic mass is 19.1. The molecule has 0 aliphatic heterocycles. The van der Waals surface area contributed by atoms with Gasteiger partial charge < -0.3 is 9.84 Å². The third-order valence-electron chi connectivity index (χ3n) is 2.71. The molecule has 0 atom stereocenters. The minimum Gasteiger partial charge on any atom is -0.339 e. The van der Waals surface area contributed by atoms with E-state index in [1.165, 1.54) is 6.07 Å². The zero-order valence-corrected chi connectivity index (χ0v) is 10.5. The first-order chi connectivity index (χ1) is 8.65. The highest BCUT2D eigenvalue weighted by Crippen LogP contribution is 2.09. The van der Waals surface area contributed by atoms with Gasteiger partial charge in [-0.25, -0.2) is 4.39 Å². The molecule has 0 unspecified atom stereocenters. The number of rotatable bonds is 5. The van der Waals surface area contributed by atoms with Crippen LogP contribution in [0.3, 0.4) is 0 Å². The number of hydrogen-bond acceptors (Lipinski definition) is 4. The molecule has 0 spiro atoms. The second-order valence-corrected chi connectivity index (χ2v) is 4.23. The number of benzene rings is 1. The lowest BCUT2D eigenvalue weighted by Gasteiger charge is -2.06. The largest absolute Gasteiger partial charge is 0.339 e. The summed E-state index contributed by atoms with van der Waals surface area (Å²) in [5.41, 5.74) is 2.05. The Morgan fingerprint density at radius 2 is 2.17 bits per heavy atom. The van der Waals surface area contributed by atoms with Crippen LogP contribution >= 0.6 is 0 Å². The molecule has 1 aromatic heterocycles. The van der Waals surface area contributed by atoms with Crippen LogP contribution in [0.1, 0.15) is 22.8 Å². The second-order valence-electron chi connectivity index (χ2n) is 4.23. The first-order valence-corrected chi connectivity index (χ1v) is 5.90. The molecule has 0 amide bonds. The van der Waals surface area contributed by atoms with Gasteiger partial charge >= 0.3 is 0 Å². The minimum atomic E-state index is -0.204. The predicted octanol–water partition coefficient (Wildman–Crippen LogP) is 2.16. The molecule has 96 valence electrons. The topological polar surface area (TPSA) is 51.0 Å². The molecule has 1 N–H and O–H groups in total. The monoisotopic (exact) mass is 249 g/mol. The average molecular weight is 249 g/mol. The van der Waals surface area contributed by atoms with Crippen molar-refractivity contribution in [3.8, 4) is 0 Å². The molecule has 18 heavy (non-hydrogen) atoms. The zero-order valence-electron chi connectivity index (χ0n) is 10.5. The lowest BCUT2D eigenvalue weighted by Crippen LogP contribution is -2.17. The molecule has 0 aliphatic rings. The fourth-order valence-corrected chi connectivity index (χ4v) is 1.69. The van der Waals surface area contributed by atoms with Crippen molar-refractivity contribution in [2.45, 2.75) is 26.8 Å². The maximum absolute atomic E-state index is 13.1. The minimum absolute atomic E-state index is 0.204. The van der Waals surface area contributed by atoms with Gasteiger partial charge in [-0.05, 0) is 37.1 Å². The molecule has 5 heteroatoms. The number of hydrogen-bond donors (Lipinski definition) is 1. The van der Waals surface area contributed by atoms with E-state index >= 15 is 0 Å². The van der Waals surface area contributed by atoms with Crippen molar-refractivity contribution in [2.75, 3.05) is 6.54 Å². The normalized spacial score (nSPS) is 10.8. The molecule has 1 heterocycles. The molecule has 0 radical (unpaired) electrons. The number of nitrogens with one attached hydrogen (secondary N) is 1. The zero-order chi connectivity index (χ0) is 13.0. The Bertz CT molecular complexity index is 525. The molecule has 1 aromatic carbocycles. The number of nitrogens with zero attached hydrogens (tertiary/aromatic N) is 2. The van der Waals surface area contributed by atoms with Gasteiger partial charge in [0, 0.05) is 19.5 Å². The molecule has 0 fully saturated rings. The third-order valence-corrected chi connectivity index (χ3v) is 2.71.